The van der Waals surface area contributed by atoms with Crippen LogP contribution in [0.25, 0.3) is 0 Å². The SMILES string of the molecule is O=C1N=CCCc2ccccc21. The van der Waals surface area contributed by atoms with E-state index in [0.717, 1.165) is 24.0 Å². The van der Waals surface area contributed by atoms with E-state index in [0.29, 0.717) is 0 Å². The van der Waals surface area contributed by atoms with Crippen LogP contribution in [-0.4, -0.2) is 12.1 Å². The number of carbonyl (C=O) groups excluding carboxylic acids is 1. The van der Waals surface area contributed by atoms with Crippen LogP contribution in [0.15, 0.2) is 29.3 Å². The molecule has 2 heteroatoms. The summed E-state index contributed by atoms with van der Waals surface area (Å²) >= 11 is 0. The van der Waals surface area contributed by atoms with Crippen LogP contribution in [0.2, 0.25) is 0 Å². The zero-order valence-corrected chi connectivity index (χ0v) is 6.66. The molecule has 2 nitrogen and oxygen atoms in total. The lowest BCUT2D eigenvalue weighted by Gasteiger charge is -2.00. The molecule has 0 aliphatic carbocycles. The third-order valence-electron chi connectivity index (χ3n) is 2.00. The van der Waals surface area contributed by atoms with Crippen molar-refractivity contribution in [1.29, 1.82) is 0 Å². The van der Waals surface area contributed by atoms with E-state index in [1.54, 1.807) is 6.21 Å². The van der Waals surface area contributed by atoms with Crippen LogP contribution in [0.3, 0.4) is 0 Å². The van der Waals surface area contributed by atoms with Crippen molar-refractivity contribution >= 4 is 12.1 Å². The van der Waals surface area contributed by atoms with Crippen LogP contribution >= 0.6 is 0 Å². The molecule has 0 radical (unpaired) electrons. The van der Waals surface area contributed by atoms with Crippen molar-refractivity contribution in [3.63, 3.8) is 0 Å². The fraction of sp³-hybridized carbons (Fsp3) is 0.200. The highest BCUT2D eigenvalue weighted by Crippen LogP contribution is 2.14. The monoisotopic (exact) mass is 159 g/mol. The van der Waals surface area contributed by atoms with Crippen LogP contribution < -0.4 is 0 Å². The fourth-order valence-corrected chi connectivity index (χ4v) is 1.38. The predicted molar refractivity (Wildman–Crippen MR) is 47.6 cm³/mol. The predicted octanol–water partition coefficient (Wildman–Crippen LogP) is 1.84. The molecule has 0 saturated heterocycles. The van der Waals surface area contributed by atoms with Gasteiger partial charge in [0.15, 0.2) is 0 Å². The van der Waals surface area contributed by atoms with E-state index < -0.39 is 0 Å². The van der Waals surface area contributed by atoms with Crippen LogP contribution in [0.1, 0.15) is 22.3 Å². The van der Waals surface area contributed by atoms with Crippen molar-refractivity contribution in [1.82, 2.24) is 0 Å². The largest absolute Gasteiger partial charge is 0.276 e. The molecule has 0 N–H and O–H groups in total. The Morgan fingerprint density at radius 2 is 2.08 bits per heavy atom. The molecule has 60 valence electrons. The van der Waals surface area contributed by atoms with E-state index in [2.05, 4.69) is 4.99 Å². The number of aliphatic imine (C=N–C) groups is 1. The third kappa shape index (κ3) is 1.16. The average molecular weight is 159 g/mol. The topological polar surface area (TPSA) is 29.4 Å². The number of amides is 1. The summed E-state index contributed by atoms with van der Waals surface area (Å²) in [7, 11) is 0. The van der Waals surface area contributed by atoms with E-state index in [1.807, 2.05) is 24.3 Å². The number of benzene rings is 1. The van der Waals surface area contributed by atoms with Gasteiger partial charge in [0.25, 0.3) is 5.91 Å². The summed E-state index contributed by atoms with van der Waals surface area (Å²) in [6.07, 6.45) is 3.48. The number of nitrogens with zero attached hydrogens (tertiary/aromatic N) is 1. The first-order valence-corrected chi connectivity index (χ1v) is 4.03. The summed E-state index contributed by atoms with van der Waals surface area (Å²) < 4.78 is 0. The summed E-state index contributed by atoms with van der Waals surface area (Å²) in [6.45, 7) is 0. The normalized spacial score (nSPS) is 15.5. The minimum absolute atomic E-state index is 0.108. The Bertz CT molecular complexity index is 341. The summed E-state index contributed by atoms with van der Waals surface area (Å²) in [4.78, 5) is 15.1. The first-order chi connectivity index (χ1) is 5.88. The van der Waals surface area contributed by atoms with E-state index >= 15 is 0 Å². The van der Waals surface area contributed by atoms with Crippen LogP contribution in [0.5, 0.6) is 0 Å². The smallest absolute Gasteiger partial charge is 0.267 e. The molecule has 1 amide bonds. The minimum Gasteiger partial charge on any atom is -0.267 e. The average Bonchev–Trinajstić information content (AvgIpc) is 2.29. The van der Waals surface area contributed by atoms with Crippen molar-refractivity contribution in [2.75, 3.05) is 0 Å². The maximum Gasteiger partial charge on any atom is 0.276 e. The van der Waals surface area contributed by atoms with E-state index in [-0.39, 0.29) is 5.91 Å². The van der Waals surface area contributed by atoms with Gasteiger partial charge in [-0.25, -0.2) is 4.99 Å². The maximum atomic E-state index is 11.3. The van der Waals surface area contributed by atoms with E-state index in [9.17, 15) is 4.79 Å². The van der Waals surface area contributed by atoms with Crippen LogP contribution in [-0.2, 0) is 6.42 Å². The van der Waals surface area contributed by atoms with Gasteiger partial charge in [-0.3, -0.25) is 4.79 Å². The summed E-state index contributed by atoms with van der Waals surface area (Å²) in [5.41, 5.74) is 1.87. The molecular weight excluding hydrogens is 150 g/mol. The minimum atomic E-state index is -0.108. The molecule has 0 aromatic heterocycles. The molecule has 1 aromatic rings. The lowest BCUT2D eigenvalue weighted by atomic mass is 10.0. The van der Waals surface area contributed by atoms with Gasteiger partial charge in [-0.1, -0.05) is 18.2 Å². The Morgan fingerprint density at radius 3 is 3.00 bits per heavy atom. The van der Waals surface area contributed by atoms with Crippen molar-refractivity contribution < 1.29 is 4.79 Å². The highest BCUT2D eigenvalue weighted by Gasteiger charge is 2.10. The van der Waals surface area contributed by atoms with Gasteiger partial charge >= 0.3 is 0 Å². The Kier molecular flexibility index (Phi) is 1.74. The summed E-state index contributed by atoms with van der Waals surface area (Å²) in [6, 6.07) is 7.65. The van der Waals surface area contributed by atoms with Gasteiger partial charge in [0.2, 0.25) is 0 Å². The first-order valence-electron chi connectivity index (χ1n) is 4.03. The Labute approximate surface area is 70.9 Å². The maximum absolute atomic E-state index is 11.3. The number of carbonyl (C=O) groups is 1. The highest BCUT2D eigenvalue weighted by atomic mass is 16.1. The molecule has 1 aliphatic heterocycles. The molecule has 1 aliphatic rings. The molecule has 0 atom stereocenters. The molecule has 0 unspecified atom stereocenters. The summed E-state index contributed by atoms with van der Waals surface area (Å²) in [5.74, 6) is -0.108. The number of fused-ring (bicyclic) bond motifs is 1. The molecule has 0 saturated carbocycles. The Hall–Kier alpha value is -1.44. The highest BCUT2D eigenvalue weighted by molar-refractivity contribution is 6.01. The molecule has 0 bridgehead atoms. The standard InChI is InChI=1S/C10H9NO/c12-10-9-6-2-1-4-8(9)5-3-7-11-10/h1-2,4,6-7H,3,5H2. The second kappa shape index (κ2) is 2.89. The lowest BCUT2D eigenvalue weighted by Crippen LogP contribution is -1.97. The third-order valence-corrected chi connectivity index (χ3v) is 2.00. The van der Waals surface area contributed by atoms with Gasteiger partial charge in [-0.05, 0) is 24.5 Å². The van der Waals surface area contributed by atoms with E-state index in [4.69, 9.17) is 0 Å². The molecular formula is C10H9NO. The number of aryl methyl sites for hydroxylation is 1. The molecule has 0 spiro atoms. The number of hydrogen-bond donors (Lipinski definition) is 0. The Morgan fingerprint density at radius 1 is 1.25 bits per heavy atom. The lowest BCUT2D eigenvalue weighted by molar-refractivity contribution is 0.100. The van der Waals surface area contributed by atoms with Gasteiger partial charge in [0, 0.05) is 11.8 Å². The second-order valence-corrected chi connectivity index (χ2v) is 2.81. The zero-order valence-electron chi connectivity index (χ0n) is 6.66. The van der Waals surface area contributed by atoms with Crippen LogP contribution in [0.4, 0.5) is 0 Å². The van der Waals surface area contributed by atoms with Crippen molar-refractivity contribution in [2.45, 2.75) is 12.8 Å². The van der Waals surface area contributed by atoms with Gasteiger partial charge < -0.3 is 0 Å². The number of rotatable bonds is 0. The van der Waals surface area contributed by atoms with E-state index in [1.165, 1.54) is 0 Å². The van der Waals surface area contributed by atoms with Crippen molar-refractivity contribution in [2.24, 2.45) is 4.99 Å². The molecule has 1 aromatic carbocycles. The first kappa shape index (κ1) is 7.22. The molecule has 2 rings (SSSR count). The fourth-order valence-electron chi connectivity index (χ4n) is 1.38. The Balaban J connectivity index is 2.53. The van der Waals surface area contributed by atoms with Gasteiger partial charge in [0.1, 0.15) is 0 Å². The van der Waals surface area contributed by atoms with Crippen molar-refractivity contribution in [3.8, 4) is 0 Å². The molecule has 0 fully saturated rings. The van der Waals surface area contributed by atoms with Crippen molar-refractivity contribution in [3.05, 3.63) is 35.4 Å². The summed E-state index contributed by atoms with van der Waals surface area (Å²) in [5, 5.41) is 0. The molecule has 12 heavy (non-hydrogen) atoms. The van der Waals surface area contributed by atoms with Crippen LogP contribution in [0, 0.1) is 0 Å². The quantitative estimate of drug-likeness (QED) is 0.568. The van der Waals surface area contributed by atoms with Gasteiger partial charge in [0.05, 0.1) is 0 Å². The zero-order chi connectivity index (χ0) is 8.39. The number of hydrogen-bond acceptors (Lipinski definition) is 1. The second-order valence-electron chi connectivity index (χ2n) is 2.81. The molecule has 1 heterocycles. The van der Waals surface area contributed by atoms with Gasteiger partial charge in [-0.15, -0.1) is 0 Å². The van der Waals surface area contributed by atoms with Gasteiger partial charge in [-0.2, -0.15) is 0 Å².